The normalized spacial score (nSPS) is 11.5. The average Bonchev–Trinajstić information content (AvgIpc) is 2.71. The number of rotatable bonds is 3. The molecule has 0 fully saturated rings. The number of amides is 1. The van der Waals surface area contributed by atoms with Gasteiger partial charge in [-0.3, -0.25) is 9.48 Å². The molecule has 9 heteroatoms. The molecule has 0 spiro atoms. The number of aromatic nitrogens is 2. The molecule has 0 radical (unpaired) electrons. The van der Waals surface area contributed by atoms with Gasteiger partial charge in [0.25, 0.3) is 0 Å². The van der Waals surface area contributed by atoms with Crippen molar-refractivity contribution in [3.8, 4) is 0 Å². The Morgan fingerprint density at radius 3 is 2.52 bits per heavy atom. The molecule has 1 amide bonds. The van der Waals surface area contributed by atoms with E-state index in [4.69, 9.17) is 23.2 Å². The van der Waals surface area contributed by atoms with Crippen molar-refractivity contribution in [3.63, 3.8) is 0 Å². The zero-order chi connectivity index (χ0) is 15.6. The first kappa shape index (κ1) is 15.7. The van der Waals surface area contributed by atoms with Crippen LogP contribution < -0.4 is 5.32 Å². The predicted octanol–water partition coefficient (Wildman–Crippen LogP) is 3.74. The summed E-state index contributed by atoms with van der Waals surface area (Å²) in [5, 5.41) is 5.80. The van der Waals surface area contributed by atoms with E-state index in [1.54, 1.807) is 29.6 Å². The van der Waals surface area contributed by atoms with Crippen LogP contribution in [0, 0.1) is 0 Å². The molecule has 0 atom stereocenters. The van der Waals surface area contributed by atoms with Crippen molar-refractivity contribution in [3.05, 3.63) is 46.1 Å². The van der Waals surface area contributed by atoms with E-state index >= 15 is 0 Å². The van der Waals surface area contributed by atoms with Gasteiger partial charge in [0, 0.05) is 11.2 Å². The Labute approximate surface area is 127 Å². The molecule has 0 unspecified atom stereocenters. The van der Waals surface area contributed by atoms with E-state index in [-0.39, 0.29) is 17.4 Å². The monoisotopic (exact) mass is 337 g/mol. The predicted molar refractivity (Wildman–Crippen MR) is 72.5 cm³/mol. The van der Waals surface area contributed by atoms with Gasteiger partial charge < -0.3 is 5.32 Å². The minimum absolute atomic E-state index is 0.0975. The Hall–Kier alpha value is -1.73. The maximum atomic E-state index is 12.2. The fourth-order valence-electron chi connectivity index (χ4n) is 1.54. The van der Waals surface area contributed by atoms with Gasteiger partial charge >= 0.3 is 12.1 Å². The summed E-state index contributed by atoms with van der Waals surface area (Å²) in [5.74, 6) is -2.49. The van der Waals surface area contributed by atoms with Crippen molar-refractivity contribution < 1.29 is 18.0 Å². The number of hydrogen-bond donors (Lipinski definition) is 1. The average molecular weight is 338 g/mol. The van der Waals surface area contributed by atoms with Crippen LogP contribution >= 0.6 is 23.2 Å². The number of carbonyl (C=O) groups excluding carboxylic acids is 1. The van der Waals surface area contributed by atoms with E-state index in [0.29, 0.717) is 10.6 Å². The standard InChI is InChI=1S/C12H8Cl2F3N3O/c13-8-4-2-1-3-7(8)5-20-6-9(14)10(19-20)18-11(21)12(15,16)17/h1-4,6H,5H2,(H,18,19,21). The molecular weight excluding hydrogens is 330 g/mol. The molecule has 1 N–H and O–H groups in total. The van der Waals surface area contributed by atoms with Crippen molar-refractivity contribution in [2.45, 2.75) is 12.7 Å². The van der Waals surface area contributed by atoms with Crippen molar-refractivity contribution in [1.29, 1.82) is 0 Å². The number of hydrogen-bond acceptors (Lipinski definition) is 2. The minimum Gasteiger partial charge on any atom is -0.300 e. The summed E-state index contributed by atoms with van der Waals surface area (Å²) >= 11 is 11.7. The molecular formula is C12H8Cl2F3N3O. The second-order valence-corrected chi connectivity index (χ2v) is 4.88. The molecule has 4 nitrogen and oxygen atoms in total. The zero-order valence-corrected chi connectivity index (χ0v) is 11.8. The van der Waals surface area contributed by atoms with E-state index in [2.05, 4.69) is 5.10 Å². The van der Waals surface area contributed by atoms with Gasteiger partial charge in [-0.25, -0.2) is 0 Å². The van der Waals surface area contributed by atoms with Crippen LogP contribution in [0.4, 0.5) is 19.0 Å². The fraction of sp³-hybridized carbons (Fsp3) is 0.167. The summed E-state index contributed by atoms with van der Waals surface area (Å²) in [7, 11) is 0. The second-order valence-electron chi connectivity index (χ2n) is 4.07. The summed E-state index contributed by atoms with van der Waals surface area (Å²) in [6.07, 6.45) is -3.70. The van der Waals surface area contributed by atoms with Crippen LogP contribution in [0.1, 0.15) is 5.56 Å². The maximum Gasteiger partial charge on any atom is 0.471 e. The lowest BCUT2D eigenvalue weighted by molar-refractivity contribution is -0.167. The van der Waals surface area contributed by atoms with E-state index < -0.39 is 12.1 Å². The van der Waals surface area contributed by atoms with E-state index in [9.17, 15) is 18.0 Å². The van der Waals surface area contributed by atoms with Gasteiger partial charge in [-0.15, -0.1) is 0 Å². The third-order valence-corrected chi connectivity index (χ3v) is 3.14. The highest BCUT2D eigenvalue weighted by atomic mass is 35.5. The first-order valence-corrected chi connectivity index (χ1v) is 6.37. The number of halogens is 5. The van der Waals surface area contributed by atoms with Gasteiger partial charge in [-0.2, -0.15) is 18.3 Å². The second kappa shape index (κ2) is 5.95. The van der Waals surface area contributed by atoms with Crippen molar-refractivity contribution in [2.75, 3.05) is 5.32 Å². The van der Waals surface area contributed by atoms with E-state index in [0.717, 1.165) is 0 Å². The quantitative estimate of drug-likeness (QED) is 0.927. The summed E-state index contributed by atoms with van der Waals surface area (Å²) < 4.78 is 37.8. The molecule has 1 aromatic carbocycles. The van der Waals surface area contributed by atoms with Crippen molar-refractivity contribution in [1.82, 2.24) is 9.78 Å². The van der Waals surface area contributed by atoms with Crippen LogP contribution in [0.3, 0.4) is 0 Å². The summed E-state index contributed by atoms with van der Waals surface area (Å²) in [6, 6.07) is 6.93. The number of anilines is 1. The van der Waals surface area contributed by atoms with Gasteiger partial charge in [0.2, 0.25) is 0 Å². The highest BCUT2D eigenvalue weighted by Gasteiger charge is 2.39. The lowest BCUT2D eigenvalue weighted by atomic mass is 10.2. The summed E-state index contributed by atoms with van der Waals surface area (Å²) in [4.78, 5) is 10.8. The van der Waals surface area contributed by atoms with Gasteiger partial charge in [-0.05, 0) is 11.6 Å². The molecule has 0 saturated heterocycles. The Kier molecular flexibility index (Phi) is 4.43. The zero-order valence-electron chi connectivity index (χ0n) is 10.3. The maximum absolute atomic E-state index is 12.2. The molecule has 1 heterocycles. The van der Waals surface area contributed by atoms with Crippen LogP contribution in [-0.4, -0.2) is 21.9 Å². The number of nitrogens with one attached hydrogen (secondary N) is 1. The van der Waals surface area contributed by atoms with Crippen LogP contribution in [-0.2, 0) is 11.3 Å². The number of nitrogens with zero attached hydrogens (tertiary/aromatic N) is 2. The Morgan fingerprint density at radius 2 is 1.90 bits per heavy atom. The molecule has 112 valence electrons. The molecule has 2 aromatic rings. The van der Waals surface area contributed by atoms with Crippen LogP contribution in [0.25, 0.3) is 0 Å². The lowest BCUT2D eigenvalue weighted by Gasteiger charge is -2.06. The number of alkyl halides is 3. The van der Waals surface area contributed by atoms with Crippen LogP contribution in [0.2, 0.25) is 10.0 Å². The number of benzene rings is 1. The van der Waals surface area contributed by atoms with Gasteiger partial charge in [0.1, 0.15) is 5.02 Å². The van der Waals surface area contributed by atoms with Gasteiger partial charge in [0.05, 0.1) is 6.54 Å². The molecule has 1 aromatic heterocycles. The van der Waals surface area contributed by atoms with Crippen LogP contribution in [0.15, 0.2) is 30.5 Å². The Bertz CT molecular complexity index is 670. The van der Waals surface area contributed by atoms with Gasteiger partial charge in [0.15, 0.2) is 5.82 Å². The third kappa shape index (κ3) is 3.89. The topological polar surface area (TPSA) is 46.9 Å². The molecule has 0 saturated carbocycles. The molecule has 0 aliphatic carbocycles. The SMILES string of the molecule is O=C(Nc1nn(Cc2ccccc2Cl)cc1Cl)C(F)(F)F. The van der Waals surface area contributed by atoms with Crippen LogP contribution in [0.5, 0.6) is 0 Å². The smallest absolute Gasteiger partial charge is 0.300 e. The van der Waals surface area contributed by atoms with Crippen molar-refractivity contribution >= 4 is 34.9 Å². The fourth-order valence-corrected chi connectivity index (χ4v) is 1.94. The molecule has 0 aliphatic rings. The highest BCUT2D eigenvalue weighted by Crippen LogP contribution is 2.24. The van der Waals surface area contributed by atoms with E-state index in [1.165, 1.54) is 10.9 Å². The molecule has 21 heavy (non-hydrogen) atoms. The first-order valence-electron chi connectivity index (χ1n) is 5.62. The third-order valence-electron chi connectivity index (χ3n) is 2.50. The van der Waals surface area contributed by atoms with Gasteiger partial charge in [-0.1, -0.05) is 41.4 Å². The molecule has 0 aliphatic heterocycles. The summed E-state index contributed by atoms with van der Waals surface area (Å²) in [6.45, 7) is 0.210. The largest absolute Gasteiger partial charge is 0.471 e. The Morgan fingerprint density at radius 1 is 1.24 bits per heavy atom. The lowest BCUT2D eigenvalue weighted by Crippen LogP contribution is -2.30. The summed E-state index contributed by atoms with van der Waals surface area (Å²) in [5.41, 5.74) is 0.715. The number of carbonyl (C=O) groups is 1. The molecule has 2 rings (SSSR count). The highest BCUT2D eigenvalue weighted by molar-refractivity contribution is 6.33. The minimum atomic E-state index is -5.00. The molecule has 0 bridgehead atoms. The van der Waals surface area contributed by atoms with Crippen molar-refractivity contribution in [2.24, 2.45) is 0 Å². The Balaban J connectivity index is 2.16. The first-order chi connectivity index (χ1) is 9.77. The van der Waals surface area contributed by atoms with E-state index in [1.807, 2.05) is 0 Å².